The summed E-state index contributed by atoms with van der Waals surface area (Å²) in [5, 5.41) is 3.10. The van der Waals surface area contributed by atoms with Gasteiger partial charge in [-0.3, -0.25) is 14.4 Å². The molecule has 0 heterocycles. The summed E-state index contributed by atoms with van der Waals surface area (Å²) in [5.41, 5.74) is 11.2. The molecule has 0 aliphatic heterocycles. The molecule has 0 aliphatic carbocycles. The van der Waals surface area contributed by atoms with Gasteiger partial charge in [0.25, 0.3) is 0 Å². The third-order valence-electron chi connectivity index (χ3n) is 3.65. The Morgan fingerprint density at radius 3 is 2.56 bits per heavy atom. The van der Waals surface area contributed by atoms with Crippen molar-refractivity contribution in [3.63, 3.8) is 0 Å². The Labute approximate surface area is 152 Å². The number of halogens is 1. The number of amides is 3. The van der Waals surface area contributed by atoms with Gasteiger partial charge in [0.15, 0.2) is 0 Å². The molecule has 0 saturated heterocycles. The van der Waals surface area contributed by atoms with Crippen molar-refractivity contribution in [2.75, 3.05) is 6.61 Å². The van der Waals surface area contributed by atoms with E-state index in [4.69, 9.17) is 27.8 Å². The number of hydrogen-bond donors (Lipinski definition) is 3. The topological polar surface area (TPSA) is 125 Å². The number of nitrogens with one attached hydrogen (secondary N) is 1. The van der Waals surface area contributed by atoms with E-state index >= 15 is 0 Å². The minimum Gasteiger partial charge on any atom is -0.490 e. The van der Waals surface area contributed by atoms with E-state index in [0.717, 1.165) is 12.0 Å². The maximum absolute atomic E-state index is 10.9. The summed E-state index contributed by atoms with van der Waals surface area (Å²) in [5.74, 6) is -0.243. The molecule has 0 fully saturated rings. The van der Waals surface area contributed by atoms with Crippen molar-refractivity contribution in [1.29, 1.82) is 0 Å². The molecule has 0 radical (unpaired) electrons. The standard InChI is InChI=1S/C17H24ClN3O4/c18-17-12(4-1-2-7-15(19)23)5-3-6-14(17)25-10-13(21-11-22)8-9-16(20)24/h3,5-6,11,13H,1-2,4,7-10H2,(H2,19,23)(H2,20,24)(H,21,22)/t13-/m0/s1. The molecule has 7 nitrogen and oxygen atoms in total. The fraction of sp³-hybridized carbons (Fsp3) is 0.471. The maximum atomic E-state index is 10.9. The molecule has 0 aromatic heterocycles. The summed E-state index contributed by atoms with van der Waals surface area (Å²) in [4.78, 5) is 32.3. The van der Waals surface area contributed by atoms with Crippen LogP contribution in [0.3, 0.4) is 0 Å². The molecule has 5 N–H and O–H groups in total. The van der Waals surface area contributed by atoms with Crippen LogP contribution < -0.4 is 21.5 Å². The van der Waals surface area contributed by atoms with Crippen LogP contribution in [0.4, 0.5) is 0 Å². The SMILES string of the molecule is NC(=O)CCCCc1cccc(OC[C@H](CCC(N)=O)NC=O)c1Cl. The minimum atomic E-state index is -0.436. The van der Waals surface area contributed by atoms with Gasteiger partial charge in [-0.15, -0.1) is 0 Å². The fourth-order valence-corrected chi connectivity index (χ4v) is 2.57. The molecule has 0 spiro atoms. The van der Waals surface area contributed by atoms with E-state index < -0.39 is 5.91 Å². The van der Waals surface area contributed by atoms with Crippen LogP contribution in [0.1, 0.15) is 37.7 Å². The van der Waals surface area contributed by atoms with Crippen LogP contribution in [0.2, 0.25) is 5.02 Å². The highest BCUT2D eigenvalue weighted by Gasteiger charge is 2.13. The monoisotopic (exact) mass is 369 g/mol. The Balaban J connectivity index is 2.59. The second kappa shape index (κ2) is 11.3. The molecule has 0 unspecified atom stereocenters. The van der Waals surface area contributed by atoms with E-state index in [1.165, 1.54) is 0 Å². The normalized spacial score (nSPS) is 11.6. The van der Waals surface area contributed by atoms with E-state index in [1.807, 2.05) is 12.1 Å². The van der Waals surface area contributed by atoms with Gasteiger partial charge in [-0.1, -0.05) is 23.7 Å². The number of carbonyl (C=O) groups is 3. The highest BCUT2D eigenvalue weighted by atomic mass is 35.5. The zero-order valence-corrected chi connectivity index (χ0v) is 14.8. The number of rotatable bonds is 13. The average Bonchev–Trinajstić information content (AvgIpc) is 2.56. The summed E-state index contributed by atoms with van der Waals surface area (Å²) in [6.07, 6.45) is 3.66. The van der Waals surface area contributed by atoms with Gasteiger partial charge < -0.3 is 21.5 Å². The Morgan fingerprint density at radius 1 is 1.20 bits per heavy atom. The van der Waals surface area contributed by atoms with Gasteiger partial charge in [0, 0.05) is 12.8 Å². The number of aryl methyl sites for hydroxylation is 1. The quantitative estimate of drug-likeness (QED) is 0.358. The number of nitrogens with two attached hydrogens (primary N) is 2. The highest BCUT2D eigenvalue weighted by molar-refractivity contribution is 6.32. The zero-order chi connectivity index (χ0) is 18.7. The van der Waals surface area contributed by atoms with Crippen molar-refractivity contribution >= 4 is 29.8 Å². The van der Waals surface area contributed by atoms with Gasteiger partial charge in [-0.25, -0.2) is 0 Å². The number of hydrogen-bond acceptors (Lipinski definition) is 4. The maximum Gasteiger partial charge on any atom is 0.217 e. The zero-order valence-electron chi connectivity index (χ0n) is 14.0. The van der Waals surface area contributed by atoms with E-state index in [9.17, 15) is 14.4 Å². The number of benzene rings is 1. The molecule has 1 atom stereocenters. The molecule has 1 rings (SSSR count). The highest BCUT2D eigenvalue weighted by Crippen LogP contribution is 2.29. The van der Waals surface area contributed by atoms with E-state index in [1.54, 1.807) is 6.07 Å². The van der Waals surface area contributed by atoms with Crippen molar-refractivity contribution in [2.45, 2.75) is 44.6 Å². The number of carbonyl (C=O) groups excluding carboxylic acids is 3. The third kappa shape index (κ3) is 8.39. The fourth-order valence-electron chi connectivity index (χ4n) is 2.29. The lowest BCUT2D eigenvalue weighted by molar-refractivity contribution is -0.119. The summed E-state index contributed by atoms with van der Waals surface area (Å²) < 4.78 is 5.69. The predicted molar refractivity (Wildman–Crippen MR) is 95.1 cm³/mol. The molecule has 0 aliphatic rings. The summed E-state index contributed by atoms with van der Waals surface area (Å²) in [6, 6.07) is 5.13. The average molecular weight is 370 g/mol. The molecule has 138 valence electrons. The van der Waals surface area contributed by atoms with Gasteiger partial charge in [0.1, 0.15) is 12.4 Å². The van der Waals surface area contributed by atoms with Crippen LogP contribution in [-0.4, -0.2) is 30.9 Å². The van der Waals surface area contributed by atoms with Crippen LogP contribution in [-0.2, 0) is 20.8 Å². The Bertz CT molecular complexity index is 595. The van der Waals surface area contributed by atoms with E-state index in [2.05, 4.69) is 5.32 Å². The first-order valence-electron chi connectivity index (χ1n) is 8.10. The molecular formula is C17H24ClN3O4. The van der Waals surface area contributed by atoms with Gasteiger partial charge in [-0.05, 0) is 37.3 Å². The molecule has 3 amide bonds. The van der Waals surface area contributed by atoms with Gasteiger partial charge in [-0.2, -0.15) is 0 Å². The lowest BCUT2D eigenvalue weighted by Crippen LogP contribution is -2.34. The Morgan fingerprint density at radius 2 is 1.92 bits per heavy atom. The van der Waals surface area contributed by atoms with Crippen molar-refractivity contribution in [3.05, 3.63) is 28.8 Å². The molecule has 0 bridgehead atoms. The number of unbranched alkanes of at least 4 members (excludes halogenated alkanes) is 1. The van der Waals surface area contributed by atoms with Gasteiger partial charge in [0.2, 0.25) is 18.2 Å². The summed E-state index contributed by atoms with van der Waals surface area (Å²) in [7, 11) is 0. The van der Waals surface area contributed by atoms with Crippen molar-refractivity contribution in [2.24, 2.45) is 11.5 Å². The Kier molecular flexibility index (Phi) is 9.39. The first kappa shape index (κ1) is 20.8. The number of primary amides is 2. The van der Waals surface area contributed by atoms with Crippen LogP contribution >= 0.6 is 11.6 Å². The largest absolute Gasteiger partial charge is 0.490 e. The second-order valence-electron chi connectivity index (χ2n) is 5.70. The molecule has 1 aromatic carbocycles. The Hall–Kier alpha value is -2.28. The smallest absolute Gasteiger partial charge is 0.217 e. The second-order valence-corrected chi connectivity index (χ2v) is 6.08. The lowest BCUT2D eigenvalue weighted by Gasteiger charge is -2.17. The van der Waals surface area contributed by atoms with Crippen LogP contribution in [0.25, 0.3) is 0 Å². The third-order valence-corrected chi connectivity index (χ3v) is 4.07. The van der Waals surface area contributed by atoms with E-state index in [0.29, 0.717) is 42.9 Å². The number of ether oxygens (including phenoxy) is 1. The van der Waals surface area contributed by atoms with Gasteiger partial charge in [0.05, 0.1) is 11.1 Å². The predicted octanol–water partition coefficient (Wildman–Crippen LogP) is 1.30. The summed E-state index contributed by atoms with van der Waals surface area (Å²) in [6.45, 7) is 0.177. The van der Waals surface area contributed by atoms with Crippen LogP contribution in [0.5, 0.6) is 5.75 Å². The van der Waals surface area contributed by atoms with Crippen molar-refractivity contribution < 1.29 is 19.1 Å². The van der Waals surface area contributed by atoms with Gasteiger partial charge >= 0.3 is 0 Å². The molecule has 25 heavy (non-hydrogen) atoms. The molecule has 1 aromatic rings. The lowest BCUT2D eigenvalue weighted by atomic mass is 10.1. The molecule has 8 heteroatoms. The molecule has 0 saturated carbocycles. The summed E-state index contributed by atoms with van der Waals surface area (Å²) >= 11 is 6.36. The van der Waals surface area contributed by atoms with Crippen LogP contribution in [0, 0.1) is 0 Å². The van der Waals surface area contributed by atoms with Crippen molar-refractivity contribution in [1.82, 2.24) is 5.32 Å². The minimum absolute atomic E-state index is 0.155. The van der Waals surface area contributed by atoms with Crippen LogP contribution in [0.15, 0.2) is 18.2 Å². The molecular weight excluding hydrogens is 346 g/mol. The van der Waals surface area contributed by atoms with Crippen molar-refractivity contribution in [3.8, 4) is 5.75 Å². The first-order chi connectivity index (χ1) is 11.9. The van der Waals surface area contributed by atoms with E-state index in [-0.39, 0.29) is 25.0 Å². The first-order valence-corrected chi connectivity index (χ1v) is 8.48.